The van der Waals surface area contributed by atoms with Gasteiger partial charge in [0.05, 0.1) is 0 Å². The van der Waals surface area contributed by atoms with Gasteiger partial charge in [0, 0.05) is 19.1 Å². The lowest BCUT2D eigenvalue weighted by Crippen LogP contribution is -2.46. The van der Waals surface area contributed by atoms with Crippen LogP contribution >= 0.6 is 0 Å². The lowest BCUT2D eigenvalue weighted by Gasteiger charge is -2.31. The van der Waals surface area contributed by atoms with Gasteiger partial charge in [0.15, 0.2) is 0 Å². The maximum atomic E-state index is 11.5. The minimum Gasteiger partial charge on any atom is -0.338 e. The highest BCUT2D eigenvalue weighted by molar-refractivity contribution is 5.87. The third kappa shape index (κ3) is 2.84. The quantitative estimate of drug-likeness (QED) is 0.640. The molecule has 0 bridgehead atoms. The molecule has 0 spiro atoms. The first kappa shape index (κ1) is 10.3. The van der Waals surface area contributed by atoms with Crippen LogP contribution < -0.4 is 5.32 Å². The summed E-state index contributed by atoms with van der Waals surface area (Å²) in [6.45, 7) is 3.62. The molecule has 1 heterocycles. The first-order chi connectivity index (χ1) is 6.27. The van der Waals surface area contributed by atoms with Crippen LogP contribution in [0.15, 0.2) is 12.2 Å². The first-order valence-electron chi connectivity index (χ1n) is 4.86. The number of allylic oxidation sites excluding steroid dienone is 1. The third-order valence-electron chi connectivity index (χ3n) is 2.45. The lowest BCUT2D eigenvalue weighted by atomic mass is 10.1. The van der Waals surface area contributed by atoms with E-state index in [1.54, 1.807) is 12.2 Å². The van der Waals surface area contributed by atoms with Crippen molar-refractivity contribution in [2.75, 3.05) is 20.1 Å². The average Bonchev–Trinajstić information content (AvgIpc) is 2.18. The van der Waals surface area contributed by atoms with Crippen LogP contribution in [0.5, 0.6) is 0 Å². The predicted molar refractivity (Wildman–Crippen MR) is 53.5 cm³/mol. The summed E-state index contributed by atoms with van der Waals surface area (Å²) < 4.78 is 0. The van der Waals surface area contributed by atoms with Gasteiger partial charge in [0.1, 0.15) is 0 Å². The zero-order valence-electron chi connectivity index (χ0n) is 8.42. The van der Waals surface area contributed by atoms with Crippen molar-refractivity contribution >= 4 is 5.91 Å². The summed E-state index contributed by atoms with van der Waals surface area (Å²) in [4.78, 5) is 13.4. The Balaban J connectivity index is 2.46. The Kier molecular flexibility index (Phi) is 3.96. The molecular formula is C10H18N2O. The van der Waals surface area contributed by atoms with E-state index in [2.05, 4.69) is 5.32 Å². The van der Waals surface area contributed by atoms with Crippen LogP contribution in [0.25, 0.3) is 0 Å². The van der Waals surface area contributed by atoms with Gasteiger partial charge in [-0.2, -0.15) is 0 Å². The molecule has 1 N–H and O–H groups in total. The van der Waals surface area contributed by atoms with E-state index in [0.29, 0.717) is 6.04 Å². The maximum Gasteiger partial charge on any atom is 0.246 e. The fourth-order valence-corrected chi connectivity index (χ4v) is 1.66. The van der Waals surface area contributed by atoms with Crippen molar-refractivity contribution in [1.29, 1.82) is 0 Å². The van der Waals surface area contributed by atoms with Crippen LogP contribution in [-0.2, 0) is 4.79 Å². The number of carbonyl (C=O) groups is 1. The molecule has 0 aromatic carbocycles. The Morgan fingerprint density at radius 3 is 3.00 bits per heavy atom. The minimum absolute atomic E-state index is 0.141. The largest absolute Gasteiger partial charge is 0.338 e. The van der Waals surface area contributed by atoms with E-state index in [1.165, 1.54) is 6.42 Å². The molecule has 1 rings (SSSR count). The fourth-order valence-electron chi connectivity index (χ4n) is 1.66. The number of rotatable bonds is 2. The highest BCUT2D eigenvalue weighted by Gasteiger charge is 2.20. The van der Waals surface area contributed by atoms with E-state index in [0.717, 1.165) is 19.5 Å². The van der Waals surface area contributed by atoms with Crippen LogP contribution in [0.1, 0.15) is 19.8 Å². The van der Waals surface area contributed by atoms with Crippen molar-refractivity contribution in [3.63, 3.8) is 0 Å². The third-order valence-corrected chi connectivity index (χ3v) is 2.45. The molecule has 0 saturated carbocycles. The minimum atomic E-state index is 0.141. The zero-order valence-corrected chi connectivity index (χ0v) is 8.42. The van der Waals surface area contributed by atoms with Gasteiger partial charge in [-0.05, 0) is 32.9 Å². The normalized spacial score (nSPS) is 23.8. The number of nitrogens with zero attached hydrogens (tertiary/aromatic N) is 1. The topological polar surface area (TPSA) is 32.3 Å². The summed E-state index contributed by atoms with van der Waals surface area (Å²) >= 11 is 0. The summed E-state index contributed by atoms with van der Waals surface area (Å²) in [6.07, 6.45) is 5.72. The van der Waals surface area contributed by atoms with Gasteiger partial charge in [0.2, 0.25) is 5.91 Å². The van der Waals surface area contributed by atoms with E-state index in [1.807, 2.05) is 18.9 Å². The number of hydrogen-bond acceptors (Lipinski definition) is 2. The summed E-state index contributed by atoms with van der Waals surface area (Å²) in [7, 11) is 1.95. The van der Waals surface area contributed by atoms with Gasteiger partial charge < -0.3 is 10.2 Å². The number of carbonyl (C=O) groups excluding carboxylic acids is 1. The first-order valence-corrected chi connectivity index (χ1v) is 4.86. The molecule has 1 aliphatic heterocycles. The summed E-state index contributed by atoms with van der Waals surface area (Å²) in [5, 5.41) is 3.21. The molecule has 1 aliphatic rings. The molecule has 1 fully saturated rings. The van der Waals surface area contributed by atoms with E-state index >= 15 is 0 Å². The zero-order chi connectivity index (χ0) is 9.68. The molecule has 3 nitrogen and oxygen atoms in total. The Morgan fingerprint density at radius 1 is 1.62 bits per heavy atom. The van der Waals surface area contributed by atoms with Crippen LogP contribution in [0.4, 0.5) is 0 Å². The fraction of sp³-hybridized carbons (Fsp3) is 0.700. The number of likely N-dealkylation sites (N-methyl/N-ethyl adjacent to an activating group) is 1. The van der Waals surface area contributed by atoms with Crippen molar-refractivity contribution in [3.05, 3.63) is 12.2 Å². The maximum absolute atomic E-state index is 11.5. The van der Waals surface area contributed by atoms with Gasteiger partial charge in [0.25, 0.3) is 0 Å². The molecule has 74 valence electrons. The summed E-state index contributed by atoms with van der Waals surface area (Å²) in [6, 6.07) is 0.475. The molecule has 0 radical (unpaired) electrons. The van der Waals surface area contributed by atoms with Crippen LogP contribution in [-0.4, -0.2) is 37.0 Å². The molecule has 13 heavy (non-hydrogen) atoms. The summed E-state index contributed by atoms with van der Waals surface area (Å²) in [5.74, 6) is 0.141. The van der Waals surface area contributed by atoms with Gasteiger partial charge >= 0.3 is 0 Å². The van der Waals surface area contributed by atoms with Crippen molar-refractivity contribution in [2.24, 2.45) is 0 Å². The number of hydrogen-bond donors (Lipinski definition) is 1. The molecule has 1 amide bonds. The molecule has 1 unspecified atom stereocenters. The standard InChI is InChI=1S/C10H18N2O/c1-3-5-10(13)12-7-4-6-9(8-12)11-2/h3,5,9,11H,4,6-8H2,1-2H3. The second-order valence-electron chi connectivity index (χ2n) is 3.41. The van der Waals surface area contributed by atoms with E-state index < -0.39 is 0 Å². The number of amides is 1. The van der Waals surface area contributed by atoms with Gasteiger partial charge in [-0.15, -0.1) is 0 Å². The van der Waals surface area contributed by atoms with Crippen molar-refractivity contribution < 1.29 is 4.79 Å². The van der Waals surface area contributed by atoms with Crippen LogP contribution in [0, 0.1) is 0 Å². The Morgan fingerprint density at radius 2 is 2.38 bits per heavy atom. The predicted octanol–water partition coefficient (Wildman–Crippen LogP) is 0.773. The number of piperidine rings is 1. The Bertz CT molecular complexity index is 201. The Hall–Kier alpha value is -0.830. The van der Waals surface area contributed by atoms with Crippen LogP contribution in [0.3, 0.4) is 0 Å². The molecule has 1 atom stereocenters. The Labute approximate surface area is 79.8 Å². The average molecular weight is 182 g/mol. The molecule has 1 saturated heterocycles. The second-order valence-corrected chi connectivity index (χ2v) is 3.41. The monoisotopic (exact) mass is 182 g/mol. The van der Waals surface area contributed by atoms with Gasteiger partial charge in [-0.3, -0.25) is 4.79 Å². The molecule has 3 heteroatoms. The molecule has 0 aliphatic carbocycles. The second kappa shape index (κ2) is 5.02. The molecular weight excluding hydrogens is 164 g/mol. The van der Waals surface area contributed by atoms with Crippen LogP contribution in [0.2, 0.25) is 0 Å². The lowest BCUT2D eigenvalue weighted by molar-refractivity contribution is -0.127. The molecule has 0 aromatic rings. The van der Waals surface area contributed by atoms with Crippen molar-refractivity contribution in [2.45, 2.75) is 25.8 Å². The van der Waals surface area contributed by atoms with E-state index in [9.17, 15) is 4.79 Å². The highest BCUT2D eigenvalue weighted by Crippen LogP contribution is 2.09. The van der Waals surface area contributed by atoms with Gasteiger partial charge in [-0.25, -0.2) is 0 Å². The van der Waals surface area contributed by atoms with E-state index in [4.69, 9.17) is 0 Å². The van der Waals surface area contributed by atoms with Gasteiger partial charge in [-0.1, -0.05) is 6.08 Å². The highest BCUT2D eigenvalue weighted by atomic mass is 16.2. The van der Waals surface area contributed by atoms with Crippen molar-refractivity contribution in [3.8, 4) is 0 Å². The number of nitrogens with one attached hydrogen (secondary N) is 1. The molecule has 0 aromatic heterocycles. The summed E-state index contributed by atoms with van der Waals surface area (Å²) in [5.41, 5.74) is 0. The smallest absolute Gasteiger partial charge is 0.246 e. The SMILES string of the molecule is CC=CC(=O)N1CCCC(NC)C1. The number of likely N-dealkylation sites (tertiary alicyclic amines) is 1. The van der Waals surface area contributed by atoms with E-state index in [-0.39, 0.29) is 5.91 Å². The van der Waals surface area contributed by atoms with Crippen molar-refractivity contribution in [1.82, 2.24) is 10.2 Å².